The first-order chi connectivity index (χ1) is 13.8. The Bertz CT molecular complexity index is 664. The Hall–Kier alpha value is -2.28. The highest BCUT2D eigenvalue weighted by molar-refractivity contribution is 5.77. The molecule has 29 heavy (non-hydrogen) atoms. The maximum atomic E-state index is 12.5. The van der Waals surface area contributed by atoms with Crippen molar-refractivity contribution >= 4 is 11.8 Å². The summed E-state index contributed by atoms with van der Waals surface area (Å²) in [6, 6.07) is 7.58. The fourth-order valence-electron chi connectivity index (χ4n) is 3.35. The number of nitrogens with one attached hydrogen (secondary N) is 2. The molecule has 162 valence electrons. The van der Waals surface area contributed by atoms with Gasteiger partial charge >= 0.3 is 0 Å². The van der Waals surface area contributed by atoms with Gasteiger partial charge < -0.3 is 24.6 Å². The number of rotatable bonds is 9. The lowest BCUT2D eigenvalue weighted by Gasteiger charge is -2.32. The maximum Gasteiger partial charge on any atom is 0.275 e. The van der Waals surface area contributed by atoms with Gasteiger partial charge in [-0.25, -0.2) is 0 Å². The van der Waals surface area contributed by atoms with Crippen molar-refractivity contribution in [2.45, 2.75) is 46.1 Å². The van der Waals surface area contributed by atoms with E-state index < -0.39 is 0 Å². The molecule has 0 bridgehead atoms. The molecule has 0 aliphatic carbocycles. The number of benzene rings is 1. The standard InChI is InChI=1S/C22H35N3O4/c1-5-28-18-9-6-7-10-19(18)29-16-8-11-21(27)25-14-12-24(13-15-25)17-20(26)23-22(2,3)4/h6-7,9-10H,5,8,11-17H2,1-4H3,(H,23,26)/p+1. The molecule has 7 heteroatoms. The molecular formula is C22H36N3O4+. The first kappa shape index (κ1) is 23.0. The molecule has 1 fully saturated rings. The molecule has 7 nitrogen and oxygen atoms in total. The molecule has 1 aliphatic rings. The van der Waals surface area contributed by atoms with Gasteiger partial charge in [0.15, 0.2) is 18.0 Å². The van der Waals surface area contributed by atoms with Crippen LogP contribution in [0.3, 0.4) is 0 Å². The van der Waals surface area contributed by atoms with E-state index in [1.807, 2.05) is 56.9 Å². The van der Waals surface area contributed by atoms with Gasteiger partial charge in [0, 0.05) is 12.0 Å². The van der Waals surface area contributed by atoms with Crippen LogP contribution in [0.15, 0.2) is 24.3 Å². The Balaban J connectivity index is 1.65. The normalized spacial score (nSPS) is 15.1. The van der Waals surface area contributed by atoms with Crippen molar-refractivity contribution in [3.8, 4) is 11.5 Å². The second-order valence-electron chi connectivity index (χ2n) is 8.44. The van der Waals surface area contributed by atoms with Gasteiger partial charge in [-0.3, -0.25) is 9.59 Å². The van der Waals surface area contributed by atoms with Gasteiger partial charge in [0.05, 0.1) is 39.4 Å². The van der Waals surface area contributed by atoms with Crippen molar-refractivity contribution in [3.05, 3.63) is 24.3 Å². The number of nitrogens with zero attached hydrogens (tertiary/aromatic N) is 1. The lowest BCUT2D eigenvalue weighted by atomic mass is 10.1. The molecular weight excluding hydrogens is 370 g/mol. The van der Waals surface area contributed by atoms with Crippen LogP contribution in [0, 0.1) is 0 Å². The SMILES string of the molecule is CCOc1ccccc1OCCCC(=O)N1CC[NH+](CC(=O)NC(C)(C)C)CC1. The number of ether oxygens (including phenoxy) is 2. The number of amides is 2. The zero-order chi connectivity index (χ0) is 21.3. The van der Waals surface area contributed by atoms with Gasteiger partial charge in [0.2, 0.25) is 5.91 Å². The summed E-state index contributed by atoms with van der Waals surface area (Å²) >= 11 is 0. The average Bonchev–Trinajstić information content (AvgIpc) is 2.65. The van der Waals surface area contributed by atoms with E-state index in [1.165, 1.54) is 4.90 Å². The summed E-state index contributed by atoms with van der Waals surface area (Å²) in [5.41, 5.74) is -0.209. The number of hydrogen-bond acceptors (Lipinski definition) is 4. The summed E-state index contributed by atoms with van der Waals surface area (Å²) in [6.45, 7) is 12.4. The Morgan fingerprint density at radius 3 is 2.31 bits per heavy atom. The van der Waals surface area contributed by atoms with Crippen LogP contribution in [-0.2, 0) is 9.59 Å². The molecule has 1 heterocycles. The predicted molar refractivity (Wildman–Crippen MR) is 112 cm³/mol. The smallest absolute Gasteiger partial charge is 0.275 e. The first-order valence-electron chi connectivity index (χ1n) is 10.6. The summed E-state index contributed by atoms with van der Waals surface area (Å²) in [5, 5.41) is 3.00. The van der Waals surface area contributed by atoms with Crippen LogP contribution < -0.4 is 19.7 Å². The van der Waals surface area contributed by atoms with Crippen LogP contribution in [0.25, 0.3) is 0 Å². The number of para-hydroxylation sites is 2. The summed E-state index contributed by atoms with van der Waals surface area (Å²) < 4.78 is 11.3. The summed E-state index contributed by atoms with van der Waals surface area (Å²) in [4.78, 5) is 27.6. The number of hydrogen-bond donors (Lipinski definition) is 2. The molecule has 1 saturated heterocycles. The van der Waals surface area contributed by atoms with Crippen LogP contribution >= 0.6 is 0 Å². The van der Waals surface area contributed by atoms with E-state index >= 15 is 0 Å². The third kappa shape index (κ3) is 8.31. The zero-order valence-electron chi connectivity index (χ0n) is 18.3. The minimum atomic E-state index is -0.209. The van der Waals surface area contributed by atoms with E-state index in [4.69, 9.17) is 9.47 Å². The Kier molecular flexibility index (Phi) is 8.76. The van der Waals surface area contributed by atoms with Gasteiger partial charge in [-0.2, -0.15) is 0 Å². The molecule has 0 radical (unpaired) electrons. The van der Waals surface area contributed by atoms with Crippen molar-refractivity contribution in [2.75, 3.05) is 45.9 Å². The van der Waals surface area contributed by atoms with E-state index in [-0.39, 0.29) is 17.4 Å². The monoisotopic (exact) mass is 406 g/mol. The molecule has 0 spiro atoms. The number of carbonyl (C=O) groups is 2. The van der Waals surface area contributed by atoms with Crippen LogP contribution in [0.2, 0.25) is 0 Å². The van der Waals surface area contributed by atoms with E-state index in [9.17, 15) is 9.59 Å². The Morgan fingerprint density at radius 1 is 1.10 bits per heavy atom. The van der Waals surface area contributed by atoms with E-state index in [2.05, 4.69) is 5.32 Å². The van der Waals surface area contributed by atoms with E-state index in [0.29, 0.717) is 51.4 Å². The fourth-order valence-corrected chi connectivity index (χ4v) is 3.35. The van der Waals surface area contributed by atoms with Crippen LogP contribution in [0.5, 0.6) is 11.5 Å². The maximum absolute atomic E-state index is 12.5. The highest BCUT2D eigenvalue weighted by Gasteiger charge is 2.26. The molecule has 1 aliphatic heterocycles. The lowest BCUT2D eigenvalue weighted by molar-refractivity contribution is -0.896. The number of piperazine rings is 1. The van der Waals surface area contributed by atoms with Crippen molar-refractivity contribution in [3.63, 3.8) is 0 Å². The summed E-state index contributed by atoms with van der Waals surface area (Å²) in [6.07, 6.45) is 1.14. The summed E-state index contributed by atoms with van der Waals surface area (Å²) in [7, 11) is 0. The second kappa shape index (κ2) is 11.0. The van der Waals surface area contributed by atoms with Gasteiger partial charge in [-0.1, -0.05) is 12.1 Å². The zero-order valence-corrected chi connectivity index (χ0v) is 18.3. The van der Waals surface area contributed by atoms with Crippen LogP contribution in [-0.4, -0.2) is 68.2 Å². The lowest BCUT2D eigenvalue weighted by Crippen LogP contribution is -3.16. The van der Waals surface area contributed by atoms with Crippen LogP contribution in [0.1, 0.15) is 40.5 Å². The molecule has 0 atom stereocenters. The highest BCUT2D eigenvalue weighted by Crippen LogP contribution is 2.26. The van der Waals surface area contributed by atoms with Crippen molar-refractivity contribution in [1.29, 1.82) is 0 Å². The van der Waals surface area contributed by atoms with Gasteiger partial charge in [0.25, 0.3) is 5.91 Å². The third-order valence-electron chi connectivity index (χ3n) is 4.69. The quantitative estimate of drug-likeness (QED) is 0.598. The van der Waals surface area contributed by atoms with Gasteiger partial charge in [-0.15, -0.1) is 0 Å². The van der Waals surface area contributed by atoms with E-state index in [1.54, 1.807) is 0 Å². The van der Waals surface area contributed by atoms with Crippen LogP contribution in [0.4, 0.5) is 0 Å². The number of quaternary nitrogens is 1. The van der Waals surface area contributed by atoms with Crippen molar-refractivity contribution in [1.82, 2.24) is 10.2 Å². The predicted octanol–water partition coefficient (Wildman–Crippen LogP) is 0.886. The molecule has 1 aromatic carbocycles. The minimum absolute atomic E-state index is 0.0664. The molecule has 1 aromatic rings. The average molecular weight is 407 g/mol. The topological polar surface area (TPSA) is 72.3 Å². The minimum Gasteiger partial charge on any atom is -0.490 e. The molecule has 2 N–H and O–H groups in total. The molecule has 0 aromatic heterocycles. The van der Waals surface area contributed by atoms with Gasteiger partial charge in [0.1, 0.15) is 0 Å². The second-order valence-corrected chi connectivity index (χ2v) is 8.44. The number of carbonyl (C=O) groups excluding carboxylic acids is 2. The van der Waals surface area contributed by atoms with Gasteiger partial charge in [-0.05, 0) is 46.2 Å². The first-order valence-corrected chi connectivity index (χ1v) is 10.6. The van der Waals surface area contributed by atoms with Crippen molar-refractivity contribution < 1.29 is 24.0 Å². The third-order valence-corrected chi connectivity index (χ3v) is 4.69. The molecule has 2 amide bonds. The largest absolute Gasteiger partial charge is 0.490 e. The Morgan fingerprint density at radius 2 is 1.72 bits per heavy atom. The molecule has 0 unspecified atom stereocenters. The fraction of sp³-hybridized carbons (Fsp3) is 0.636. The van der Waals surface area contributed by atoms with E-state index in [0.717, 1.165) is 18.8 Å². The summed E-state index contributed by atoms with van der Waals surface area (Å²) in [5.74, 6) is 1.67. The van der Waals surface area contributed by atoms with Crippen molar-refractivity contribution in [2.24, 2.45) is 0 Å². The molecule has 2 rings (SSSR count). The highest BCUT2D eigenvalue weighted by atomic mass is 16.5. The Labute approximate surface area is 174 Å². The molecule has 0 saturated carbocycles.